The number of hydrogen-bond donors (Lipinski definition) is 1. The van der Waals surface area contributed by atoms with Crippen molar-refractivity contribution in [1.82, 2.24) is 0 Å². The molecule has 1 aromatic carbocycles. The van der Waals surface area contributed by atoms with E-state index in [0.717, 1.165) is 21.2 Å². The molecule has 0 saturated carbocycles. The van der Waals surface area contributed by atoms with Crippen LogP contribution in [0.4, 0.5) is 5.69 Å². The van der Waals surface area contributed by atoms with Gasteiger partial charge in [-0.2, -0.15) is 0 Å². The quantitative estimate of drug-likeness (QED) is 0.806. The Labute approximate surface area is 97.4 Å². The van der Waals surface area contributed by atoms with Crippen molar-refractivity contribution in [1.29, 1.82) is 0 Å². The number of hydrogen-bond acceptors (Lipinski definition) is 3. The SMILES string of the molecule is Cc1occc1Sc1cc(Cl)ccc1N. The number of anilines is 1. The van der Waals surface area contributed by atoms with Crippen LogP contribution < -0.4 is 5.73 Å². The third-order valence-corrected chi connectivity index (χ3v) is 3.46. The van der Waals surface area contributed by atoms with Crippen molar-refractivity contribution in [2.45, 2.75) is 16.7 Å². The number of benzene rings is 1. The molecule has 0 saturated heterocycles. The molecule has 0 bridgehead atoms. The van der Waals surface area contributed by atoms with Gasteiger partial charge in [-0.25, -0.2) is 0 Å². The average molecular weight is 240 g/mol. The summed E-state index contributed by atoms with van der Waals surface area (Å²) in [7, 11) is 0. The summed E-state index contributed by atoms with van der Waals surface area (Å²) in [5, 5.41) is 0.688. The first-order valence-electron chi connectivity index (χ1n) is 4.44. The minimum Gasteiger partial charge on any atom is -0.468 e. The first-order chi connectivity index (χ1) is 7.16. The Morgan fingerprint density at radius 1 is 1.27 bits per heavy atom. The molecule has 0 unspecified atom stereocenters. The van der Waals surface area contributed by atoms with Gasteiger partial charge >= 0.3 is 0 Å². The molecule has 0 aliphatic carbocycles. The van der Waals surface area contributed by atoms with Crippen LogP contribution in [-0.2, 0) is 0 Å². The van der Waals surface area contributed by atoms with Crippen molar-refractivity contribution in [2.24, 2.45) is 0 Å². The topological polar surface area (TPSA) is 39.2 Å². The highest BCUT2D eigenvalue weighted by atomic mass is 35.5. The van der Waals surface area contributed by atoms with E-state index in [-0.39, 0.29) is 0 Å². The lowest BCUT2D eigenvalue weighted by atomic mass is 10.3. The van der Waals surface area contributed by atoms with E-state index in [1.54, 1.807) is 30.2 Å². The first-order valence-corrected chi connectivity index (χ1v) is 5.63. The van der Waals surface area contributed by atoms with E-state index in [0.29, 0.717) is 5.02 Å². The Hall–Kier alpha value is -1.06. The minimum absolute atomic E-state index is 0.688. The van der Waals surface area contributed by atoms with E-state index in [4.69, 9.17) is 21.8 Å². The van der Waals surface area contributed by atoms with Crippen molar-refractivity contribution < 1.29 is 4.42 Å². The Balaban J connectivity index is 2.32. The molecule has 2 aromatic rings. The number of nitrogen functional groups attached to an aromatic ring is 1. The second-order valence-corrected chi connectivity index (χ2v) is 4.65. The Morgan fingerprint density at radius 2 is 2.07 bits per heavy atom. The zero-order valence-corrected chi connectivity index (χ0v) is 9.73. The molecule has 1 heterocycles. The summed E-state index contributed by atoms with van der Waals surface area (Å²) in [5.74, 6) is 0.888. The smallest absolute Gasteiger partial charge is 0.114 e. The molecule has 2 rings (SSSR count). The molecule has 0 radical (unpaired) electrons. The molecule has 0 aliphatic rings. The number of nitrogens with two attached hydrogens (primary N) is 1. The van der Waals surface area contributed by atoms with Crippen LogP contribution in [0.15, 0.2) is 44.7 Å². The molecular weight excluding hydrogens is 230 g/mol. The second-order valence-electron chi connectivity index (χ2n) is 3.13. The number of furan rings is 1. The fourth-order valence-electron chi connectivity index (χ4n) is 1.19. The van der Waals surface area contributed by atoms with Crippen LogP contribution >= 0.6 is 23.4 Å². The van der Waals surface area contributed by atoms with Gasteiger partial charge in [0.15, 0.2) is 0 Å². The van der Waals surface area contributed by atoms with Crippen LogP contribution in [0, 0.1) is 6.92 Å². The highest BCUT2D eigenvalue weighted by molar-refractivity contribution is 7.99. The fraction of sp³-hybridized carbons (Fsp3) is 0.0909. The molecule has 15 heavy (non-hydrogen) atoms. The van der Waals surface area contributed by atoms with Crippen LogP contribution in [0.5, 0.6) is 0 Å². The molecule has 0 aliphatic heterocycles. The largest absolute Gasteiger partial charge is 0.468 e. The maximum atomic E-state index is 5.90. The minimum atomic E-state index is 0.688. The van der Waals surface area contributed by atoms with E-state index in [9.17, 15) is 0 Å². The van der Waals surface area contributed by atoms with Crippen molar-refractivity contribution in [3.05, 3.63) is 41.3 Å². The van der Waals surface area contributed by atoms with E-state index in [2.05, 4.69) is 0 Å². The lowest BCUT2D eigenvalue weighted by Crippen LogP contribution is -1.87. The van der Waals surface area contributed by atoms with Crippen LogP contribution in [0.1, 0.15) is 5.76 Å². The fourth-order valence-corrected chi connectivity index (χ4v) is 2.36. The zero-order chi connectivity index (χ0) is 10.8. The van der Waals surface area contributed by atoms with Gasteiger partial charge in [0.05, 0.1) is 11.2 Å². The Kier molecular flexibility index (Phi) is 2.93. The van der Waals surface area contributed by atoms with Gasteiger partial charge in [0.1, 0.15) is 5.76 Å². The summed E-state index contributed by atoms with van der Waals surface area (Å²) in [6.07, 6.45) is 1.67. The lowest BCUT2D eigenvalue weighted by molar-refractivity contribution is 0.527. The second kappa shape index (κ2) is 4.21. The van der Waals surface area contributed by atoms with E-state index in [1.165, 1.54) is 0 Å². The van der Waals surface area contributed by atoms with Gasteiger partial charge in [0.25, 0.3) is 0 Å². The average Bonchev–Trinajstić information content (AvgIpc) is 2.58. The van der Waals surface area contributed by atoms with Crippen LogP contribution in [-0.4, -0.2) is 0 Å². The molecule has 4 heteroatoms. The van der Waals surface area contributed by atoms with Gasteiger partial charge in [-0.05, 0) is 31.2 Å². The van der Waals surface area contributed by atoms with Crippen molar-refractivity contribution in [3.63, 3.8) is 0 Å². The molecule has 1 aromatic heterocycles. The molecule has 0 amide bonds. The van der Waals surface area contributed by atoms with Crippen molar-refractivity contribution in [3.8, 4) is 0 Å². The predicted octanol–water partition coefficient (Wildman–Crippen LogP) is 3.97. The first kappa shape index (κ1) is 10.5. The third kappa shape index (κ3) is 2.30. The van der Waals surface area contributed by atoms with Crippen LogP contribution in [0.25, 0.3) is 0 Å². The molecule has 0 spiro atoms. The molecule has 78 valence electrons. The lowest BCUT2D eigenvalue weighted by Gasteiger charge is -2.04. The molecule has 2 N–H and O–H groups in total. The molecule has 0 atom stereocenters. The number of rotatable bonds is 2. The van der Waals surface area contributed by atoms with Crippen LogP contribution in [0.3, 0.4) is 0 Å². The highest BCUT2D eigenvalue weighted by Gasteiger charge is 2.06. The van der Waals surface area contributed by atoms with Gasteiger partial charge in [0, 0.05) is 15.6 Å². The highest BCUT2D eigenvalue weighted by Crippen LogP contribution is 2.35. The standard InChI is InChI=1S/C11H10ClNOS/c1-7-10(4-5-14-7)15-11-6-8(12)2-3-9(11)13/h2-6H,13H2,1H3. The summed E-state index contributed by atoms with van der Waals surface area (Å²) >= 11 is 7.46. The Bertz CT molecular complexity index is 481. The summed E-state index contributed by atoms with van der Waals surface area (Å²) in [4.78, 5) is 2.01. The van der Waals surface area contributed by atoms with E-state index >= 15 is 0 Å². The summed E-state index contributed by atoms with van der Waals surface area (Å²) in [5.41, 5.74) is 6.57. The maximum Gasteiger partial charge on any atom is 0.114 e. The monoisotopic (exact) mass is 239 g/mol. The number of aryl methyl sites for hydroxylation is 1. The van der Waals surface area contributed by atoms with E-state index in [1.807, 2.05) is 19.1 Å². The van der Waals surface area contributed by atoms with Crippen molar-refractivity contribution >= 4 is 29.1 Å². The van der Waals surface area contributed by atoms with Gasteiger partial charge in [-0.1, -0.05) is 23.4 Å². The maximum absolute atomic E-state index is 5.90. The molecule has 2 nitrogen and oxygen atoms in total. The van der Waals surface area contributed by atoms with Crippen molar-refractivity contribution in [2.75, 3.05) is 5.73 Å². The van der Waals surface area contributed by atoms with Crippen LogP contribution in [0.2, 0.25) is 5.02 Å². The molecule has 0 fully saturated rings. The summed E-state index contributed by atoms with van der Waals surface area (Å²) in [6, 6.07) is 7.36. The van der Waals surface area contributed by atoms with E-state index < -0.39 is 0 Å². The predicted molar refractivity (Wildman–Crippen MR) is 63.4 cm³/mol. The van der Waals surface area contributed by atoms with Gasteiger partial charge in [0.2, 0.25) is 0 Å². The molecular formula is C11H10ClNOS. The Morgan fingerprint density at radius 3 is 2.73 bits per heavy atom. The summed E-state index contributed by atoms with van der Waals surface area (Å²) in [6.45, 7) is 1.92. The van der Waals surface area contributed by atoms with Gasteiger partial charge in [-0.15, -0.1) is 0 Å². The third-order valence-electron chi connectivity index (χ3n) is 2.01. The van der Waals surface area contributed by atoms with Gasteiger partial charge in [-0.3, -0.25) is 0 Å². The number of halogens is 1. The van der Waals surface area contributed by atoms with Gasteiger partial charge < -0.3 is 10.2 Å². The summed E-state index contributed by atoms with van der Waals surface area (Å²) < 4.78 is 5.21. The zero-order valence-electron chi connectivity index (χ0n) is 8.16. The normalized spacial score (nSPS) is 10.5.